The minimum Gasteiger partial charge on any atom is -0.310 e. The van der Waals surface area contributed by atoms with Crippen molar-refractivity contribution in [1.29, 1.82) is 0 Å². The van der Waals surface area contributed by atoms with Crippen molar-refractivity contribution in [3.8, 4) is 33.4 Å². The minimum atomic E-state index is 1.10. The molecule has 2 heterocycles. The average molecular weight is 853 g/mol. The normalized spacial score (nSPS) is 11.4. The summed E-state index contributed by atoms with van der Waals surface area (Å²) in [5.41, 5.74) is 13.8. The molecule has 0 saturated heterocycles. The number of rotatable bonds is 9. The van der Waals surface area contributed by atoms with Crippen LogP contribution in [0.25, 0.3) is 73.7 Å². The van der Waals surface area contributed by atoms with Gasteiger partial charge in [0.25, 0.3) is 0 Å². The van der Waals surface area contributed by atoms with Crippen molar-refractivity contribution in [2.75, 3.05) is 9.80 Å². The van der Waals surface area contributed by atoms with Crippen molar-refractivity contribution >= 4 is 97.1 Å². The van der Waals surface area contributed by atoms with Crippen molar-refractivity contribution in [2.24, 2.45) is 0 Å². The van der Waals surface area contributed by atoms with Gasteiger partial charge in [-0.15, -0.1) is 22.7 Å². The highest BCUT2D eigenvalue weighted by atomic mass is 32.1. The first-order valence-electron chi connectivity index (χ1n) is 21.7. The Morgan fingerprint density at radius 3 is 1.42 bits per heavy atom. The number of anilines is 6. The second-order valence-corrected chi connectivity index (χ2v) is 18.2. The van der Waals surface area contributed by atoms with Gasteiger partial charge in [-0.1, -0.05) is 164 Å². The molecule has 12 rings (SSSR count). The molecule has 2 nitrogen and oxygen atoms in total. The molecule has 10 aromatic carbocycles. The van der Waals surface area contributed by atoms with Gasteiger partial charge in [0.15, 0.2) is 0 Å². The summed E-state index contributed by atoms with van der Waals surface area (Å²) in [7, 11) is 0. The number of hydrogen-bond donors (Lipinski definition) is 0. The largest absolute Gasteiger partial charge is 0.310 e. The molecule has 0 aliphatic carbocycles. The Bertz CT molecular complexity index is 3590. The Morgan fingerprint density at radius 1 is 0.250 bits per heavy atom. The van der Waals surface area contributed by atoms with E-state index in [2.05, 4.69) is 252 Å². The third-order valence-electron chi connectivity index (χ3n) is 12.3. The van der Waals surface area contributed by atoms with Gasteiger partial charge in [-0.3, -0.25) is 0 Å². The lowest BCUT2D eigenvalue weighted by molar-refractivity contribution is 1.29. The zero-order chi connectivity index (χ0) is 42.4. The van der Waals surface area contributed by atoms with Crippen LogP contribution in [0.5, 0.6) is 0 Å². The Morgan fingerprint density at radius 2 is 0.719 bits per heavy atom. The van der Waals surface area contributed by atoms with E-state index < -0.39 is 0 Å². The summed E-state index contributed by atoms with van der Waals surface area (Å²) in [5.74, 6) is 0. The predicted octanol–water partition coefficient (Wildman–Crippen LogP) is 18.4. The van der Waals surface area contributed by atoms with Gasteiger partial charge in [0.1, 0.15) is 0 Å². The van der Waals surface area contributed by atoms with E-state index in [1.54, 1.807) is 0 Å². The van der Waals surface area contributed by atoms with Crippen molar-refractivity contribution in [3.05, 3.63) is 243 Å². The van der Waals surface area contributed by atoms with Gasteiger partial charge in [0, 0.05) is 64.1 Å². The highest BCUT2D eigenvalue weighted by molar-refractivity contribution is 7.26. The summed E-state index contributed by atoms with van der Waals surface area (Å²) >= 11 is 3.72. The van der Waals surface area contributed by atoms with E-state index in [1.807, 2.05) is 22.7 Å². The molecule has 0 saturated carbocycles. The predicted molar refractivity (Wildman–Crippen MR) is 278 cm³/mol. The molecule has 0 atom stereocenters. The van der Waals surface area contributed by atoms with Crippen LogP contribution in [-0.4, -0.2) is 0 Å². The van der Waals surface area contributed by atoms with E-state index in [1.165, 1.54) is 73.8 Å². The fourth-order valence-electron chi connectivity index (χ4n) is 9.22. The number of fused-ring (bicyclic) bond motifs is 6. The topological polar surface area (TPSA) is 6.48 Å². The zero-order valence-corrected chi connectivity index (χ0v) is 36.4. The lowest BCUT2D eigenvalue weighted by Gasteiger charge is -2.27. The fourth-order valence-corrected chi connectivity index (χ4v) is 11.6. The maximum Gasteiger partial charge on any atom is 0.0640 e. The maximum absolute atomic E-state index is 2.42. The Kier molecular flexibility index (Phi) is 9.59. The average Bonchev–Trinajstić information content (AvgIpc) is 3.94. The van der Waals surface area contributed by atoms with Gasteiger partial charge in [0.2, 0.25) is 0 Å². The number of thiophene rings is 2. The molecule has 0 spiro atoms. The molecule has 0 fully saturated rings. The quantitative estimate of drug-likeness (QED) is 0.143. The first-order valence-corrected chi connectivity index (χ1v) is 23.3. The molecule has 0 aliphatic rings. The Labute approximate surface area is 380 Å². The monoisotopic (exact) mass is 852 g/mol. The van der Waals surface area contributed by atoms with Crippen molar-refractivity contribution in [1.82, 2.24) is 0 Å². The SMILES string of the molecule is c1ccc(-c2ccc(N(c3ccc(-c4ccc(N(c5ccccc5)c5cccc6c5sc5ccccc56)cc4-c4ccccc4)cc3)c3ccc4c(c3)sc3ccccc34)cc2)cc1. The van der Waals surface area contributed by atoms with E-state index in [4.69, 9.17) is 0 Å². The van der Waals surface area contributed by atoms with E-state index in [0.29, 0.717) is 0 Å². The molecule has 302 valence electrons. The third-order valence-corrected chi connectivity index (χ3v) is 14.6. The second-order valence-electron chi connectivity index (χ2n) is 16.1. The standard InChI is InChI=1S/C60H40N2S2/c1-4-15-41(16-5-1)42-27-31-46(32-28-42)61(49-36-38-53-51-21-10-12-25-57(51)63-59(53)40-49)47-33-29-44(30-34-47)50-37-35-48(39-55(50)43-17-6-2-7-18-43)62(45-19-8-3-9-20-45)56-24-14-23-54-52-22-11-13-26-58(52)64-60(54)56/h1-40H. The Balaban J connectivity index is 0.977. The van der Waals surface area contributed by atoms with Crippen LogP contribution in [-0.2, 0) is 0 Å². The molecule has 2 aromatic heterocycles. The highest BCUT2D eigenvalue weighted by Crippen LogP contribution is 2.47. The van der Waals surface area contributed by atoms with E-state index >= 15 is 0 Å². The first-order chi connectivity index (χ1) is 31.7. The number of hydrogen-bond acceptors (Lipinski definition) is 4. The lowest BCUT2D eigenvalue weighted by atomic mass is 9.93. The molecular formula is C60H40N2S2. The van der Waals surface area contributed by atoms with E-state index in [9.17, 15) is 0 Å². The highest BCUT2D eigenvalue weighted by Gasteiger charge is 2.21. The number of para-hydroxylation sites is 1. The van der Waals surface area contributed by atoms with Crippen molar-refractivity contribution in [2.45, 2.75) is 0 Å². The van der Waals surface area contributed by atoms with Crippen LogP contribution in [0, 0.1) is 0 Å². The maximum atomic E-state index is 2.42. The number of benzene rings is 10. The van der Waals surface area contributed by atoms with Gasteiger partial charge in [-0.2, -0.15) is 0 Å². The van der Waals surface area contributed by atoms with Crippen LogP contribution in [0.15, 0.2) is 243 Å². The molecule has 0 amide bonds. The van der Waals surface area contributed by atoms with E-state index in [0.717, 1.165) is 34.0 Å². The fraction of sp³-hybridized carbons (Fsp3) is 0. The summed E-state index contributed by atoms with van der Waals surface area (Å²) < 4.78 is 5.16. The van der Waals surface area contributed by atoms with Crippen LogP contribution < -0.4 is 9.80 Å². The minimum absolute atomic E-state index is 1.10. The van der Waals surface area contributed by atoms with Gasteiger partial charge in [-0.25, -0.2) is 0 Å². The van der Waals surface area contributed by atoms with Crippen LogP contribution in [0.1, 0.15) is 0 Å². The zero-order valence-electron chi connectivity index (χ0n) is 34.8. The van der Waals surface area contributed by atoms with Crippen molar-refractivity contribution in [3.63, 3.8) is 0 Å². The van der Waals surface area contributed by atoms with E-state index in [-0.39, 0.29) is 0 Å². The third kappa shape index (κ3) is 6.81. The smallest absolute Gasteiger partial charge is 0.0640 e. The molecular weight excluding hydrogens is 813 g/mol. The molecule has 0 bridgehead atoms. The van der Waals surface area contributed by atoms with Crippen LogP contribution >= 0.6 is 22.7 Å². The Hall–Kier alpha value is -7.76. The summed E-state index contributed by atoms with van der Waals surface area (Å²) in [5, 5.41) is 5.18. The van der Waals surface area contributed by atoms with Crippen LogP contribution in [0.2, 0.25) is 0 Å². The lowest BCUT2D eigenvalue weighted by Crippen LogP contribution is -2.10. The molecule has 0 unspecified atom stereocenters. The summed E-state index contributed by atoms with van der Waals surface area (Å²) in [4.78, 5) is 4.81. The summed E-state index contributed by atoms with van der Waals surface area (Å²) in [6.07, 6.45) is 0. The van der Waals surface area contributed by atoms with Gasteiger partial charge in [-0.05, 0) is 112 Å². The first kappa shape index (κ1) is 38.0. The molecule has 4 heteroatoms. The van der Waals surface area contributed by atoms with Crippen LogP contribution in [0.4, 0.5) is 34.1 Å². The summed E-state index contributed by atoms with van der Waals surface area (Å²) in [6.45, 7) is 0. The van der Waals surface area contributed by atoms with Crippen molar-refractivity contribution < 1.29 is 0 Å². The van der Waals surface area contributed by atoms with Gasteiger partial charge >= 0.3 is 0 Å². The van der Waals surface area contributed by atoms with Gasteiger partial charge in [0.05, 0.1) is 10.4 Å². The van der Waals surface area contributed by atoms with Gasteiger partial charge < -0.3 is 9.80 Å². The second kappa shape index (κ2) is 16.2. The molecule has 12 aromatic rings. The number of nitrogens with zero attached hydrogens (tertiary/aromatic N) is 2. The molecule has 0 radical (unpaired) electrons. The molecule has 0 aliphatic heterocycles. The summed E-state index contributed by atoms with van der Waals surface area (Å²) in [6, 6.07) is 88.3. The molecule has 64 heavy (non-hydrogen) atoms. The van der Waals surface area contributed by atoms with Crippen LogP contribution in [0.3, 0.4) is 0 Å². The molecule has 0 N–H and O–H groups in total.